The molecule has 0 saturated carbocycles. The molecule has 1 N–H and O–H groups in total. The second kappa shape index (κ2) is 7.57. The number of nitrogens with zero attached hydrogens (tertiary/aromatic N) is 2. The normalized spacial score (nSPS) is 10.3. The van der Waals surface area contributed by atoms with Gasteiger partial charge in [0.05, 0.1) is 6.42 Å². The fourth-order valence-electron chi connectivity index (χ4n) is 2.47. The molecule has 1 amide bonds. The third-order valence-electron chi connectivity index (χ3n) is 3.50. The Bertz CT molecular complexity index is 859. The standard InChI is InChI=1S/C20H19N3O2/c1-14-11-15(2)22-20(21-14)25-18-10-6-9-17(13-18)23-19(24)12-16-7-4-3-5-8-16/h3-11,13H,12H2,1-2H3,(H,23,24). The highest BCUT2D eigenvalue weighted by atomic mass is 16.5. The van der Waals surface area contributed by atoms with Crippen molar-refractivity contribution in [1.82, 2.24) is 9.97 Å². The highest BCUT2D eigenvalue weighted by Crippen LogP contribution is 2.22. The number of rotatable bonds is 5. The maximum absolute atomic E-state index is 12.2. The van der Waals surface area contributed by atoms with E-state index >= 15 is 0 Å². The lowest BCUT2D eigenvalue weighted by Gasteiger charge is -2.09. The van der Waals surface area contributed by atoms with E-state index in [0.717, 1.165) is 17.0 Å². The molecular weight excluding hydrogens is 314 g/mol. The molecule has 1 aromatic heterocycles. The first-order valence-electron chi connectivity index (χ1n) is 8.02. The third kappa shape index (κ3) is 4.88. The Labute approximate surface area is 146 Å². The minimum atomic E-state index is -0.0778. The number of ether oxygens (including phenoxy) is 1. The molecule has 0 radical (unpaired) electrons. The second-order valence-corrected chi connectivity index (χ2v) is 5.77. The highest BCUT2D eigenvalue weighted by Gasteiger charge is 2.07. The van der Waals surface area contributed by atoms with E-state index in [1.165, 1.54) is 0 Å². The summed E-state index contributed by atoms with van der Waals surface area (Å²) in [6.45, 7) is 3.78. The van der Waals surface area contributed by atoms with Crippen LogP contribution < -0.4 is 10.1 Å². The van der Waals surface area contributed by atoms with Gasteiger partial charge in [0, 0.05) is 23.1 Å². The lowest BCUT2D eigenvalue weighted by Crippen LogP contribution is -2.14. The predicted octanol–water partition coefficient (Wildman–Crippen LogP) is 4.07. The van der Waals surface area contributed by atoms with E-state index in [2.05, 4.69) is 15.3 Å². The van der Waals surface area contributed by atoms with Crippen LogP contribution in [0.3, 0.4) is 0 Å². The third-order valence-corrected chi connectivity index (χ3v) is 3.50. The van der Waals surface area contributed by atoms with Gasteiger partial charge in [-0.25, -0.2) is 9.97 Å². The summed E-state index contributed by atoms with van der Waals surface area (Å²) in [7, 11) is 0. The van der Waals surface area contributed by atoms with Crippen molar-refractivity contribution in [2.45, 2.75) is 20.3 Å². The Morgan fingerprint density at radius 3 is 2.40 bits per heavy atom. The lowest BCUT2D eigenvalue weighted by atomic mass is 10.1. The highest BCUT2D eigenvalue weighted by molar-refractivity contribution is 5.92. The van der Waals surface area contributed by atoms with Crippen LogP contribution in [-0.4, -0.2) is 15.9 Å². The van der Waals surface area contributed by atoms with Gasteiger partial charge < -0.3 is 10.1 Å². The Morgan fingerprint density at radius 2 is 1.68 bits per heavy atom. The zero-order valence-corrected chi connectivity index (χ0v) is 14.2. The van der Waals surface area contributed by atoms with E-state index in [9.17, 15) is 4.79 Å². The predicted molar refractivity (Wildman–Crippen MR) is 96.8 cm³/mol. The number of hydrogen-bond acceptors (Lipinski definition) is 4. The zero-order chi connectivity index (χ0) is 17.6. The van der Waals surface area contributed by atoms with Crippen molar-refractivity contribution in [3.8, 4) is 11.8 Å². The van der Waals surface area contributed by atoms with E-state index in [1.807, 2.05) is 62.4 Å². The van der Waals surface area contributed by atoms with Crippen LogP contribution in [0.4, 0.5) is 5.69 Å². The quantitative estimate of drug-likeness (QED) is 0.764. The molecule has 0 atom stereocenters. The summed E-state index contributed by atoms with van der Waals surface area (Å²) in [6, 6.07) is 19.0. The molecule has 5 nitrogen and oxygen atoms in total. The van der Waals surface area contributed by atoms with Crippen LogP contribution in [0.5, 0.6) is 11.8 Å². The molecule has 126 valence electrons. The van der Waals surface area contributed by atoms with Crippen LogP contribution in [0.2, 0.25) is 0 Å². The molecular formula is C20H19N3O2. The summed E-state index contributed by atoms with van der Waals surface area (Å²) in [5.41, 5.74) is 3.32. The van der Waals surface area contributed by atoms with Gasteiger partial charge in [-0.1, -0.05) is 36.4 Å². The number of benzene rings is 2. The number of anilines is 1. The van der Waals surface area contributed by atoms with Crippen LogP contribution in [-0.2, 0) is 11.2 Å². The second-order valence-electron chi connectivity index (χ2n) is 5.77. The Kier molecular flexibility index (Phi) is 5.04. The minimum Gasteiger partial charge on any atom is -0.424 e. The number of carbonyl (C=O) groups is 1. The van der Waals surface area contributed by atoms with E-state index in [-0.39, 0.29) is 5.91 Å². The fraction of sp³-hybridized carbons (Fsp3) is 0.150. The molecule has 3 rings (SSSR count). The van der Waals surface area contributed by atoms with Crippen LogP contribution in [0, 0.1) is 13.8 Å². The van der Waals surface area contributed by atoms with Crippen molar-refractivity contribution >= 4 is 11.6 Å². The molecule has 0 aliphatic heterocycles. The van der Waals surface area contributed by atoms with Crippen molar-refractivity contribution in [1.29, 1.82) is 0 Å². The van der Waals surface area contributed by atoms with Crippen LogP contribution >= 0.6 is 0 Å². The molecule has 0 spiro atoms. The SMILES string of the molecule is Cc1cc(C)nc(Oc2cccc(NC(=O)Cc3ccccc3)c2)n1. The van der Waals surface area contributed by atoms with Gasteiger partial charge in [-0.3, -0.25) is 4.79 Å². The van der Waals surface area contributed by atoms with Crippen molar-refractivity contribution < 1.29 is 9.53 Å². The molecule has 0 aliphatic carbocycles. The van der Waals surface area contributed by atoms with E-state index in [0.29, 0.717) is 23.9 Å². The van der Waals surface area contributed by atoms with Gasteiger partial charge in [0.1, 0.15) is 5.75 Å². The molecule has 5 heteroatoms. The van der Waals surface area contributed by atoms with Crippen molar-refractivity contribution in [2.24, 2.45) is 0 Å². The van der Waals surface area contributed by atoms with E-state index in [4.69, 9.17) is 4.74 Å². The zero-order valence-electron chi connectivity index (χ0n) is 14.2. The molecule has 0 aliphatic rings. The first-order valence-corrected chi connectivity index (χ1v) is 8.02. The smallest absolute Gasteiger partial charge is 0.322 e. The average molecular weight is 333 g/mol. The van der Waals surface area contributed by atoms with Crippen molar-refractivity contribution in [2.75, 3.05) is 5.32 Å². The van der Waals surface area contributed by atoms with Gasteiger partial charge >= 0.3 is 6.01 Å². The van der Waals surface area contributed by atoms with E-state index in [1.54, 1.807) is 12.1 Å². The van der Waals surface area contributed by atoms with Gasteiger partial charge in [-0.2, -0.15) is 0 Å². The Hall–Kier alpha value is -3.21. The molecule has 0 saturated heterocycles. The van der Waals surface area contributed by atoms with Gasteiger partial charge in [0.25, 0.3) is 0 Å². The molecule has 1 heterocycles. The Balaban J connectivity index is 1.67. The molecule has 2 aromatic carbocycles. The first kappa shape index (κ1) is 16.6. The number of carbonyl (C=O) groups excluding carboxylic acids is 1. The fourth-order valence-corrected chi connectivity index (χ4v) is 2.47. The molecule has 3 aromatic rings. The van der Waals surface area contributed by atoms with Gasteiger partial charge in [-0.15, -0.1) is 0 Å². The molecule has 0 unspecified atom stereocenters. The summed E-state index contributed by atoms with van der Waals surface area (Å²) in [5, 5.41) is 2.88. The average Bonchev–Trinajstić information content (AvgIpc) is 2.55. The number of nitrogens with one attached hydrogen (secondary N) is 1. The Morgan fingerprint density at radius 1 is 0.960 bits per heavy atom. The van der Waals surface area contributed by atoms with Crippen molar-refractivity contribution in [3.63, 3.8) is 0 Å². The van der Waals surface area contributed by atoms with E-state index < -0.39 is 0 Å². The first-order chi connectivity index (χ1) is 12.1. The summed E-state index contributed by atoms with van der Waals surface area (Å²) in [4.78, 5) is 20.7. The maximum atomic E-state index is 12.2. The summed E-state index contributed by atoms with van der Waals surface area (Å²) in [5.74, 6) is 0.494. The van der Waals surface area contributed by atoms with Crippen LogP contribution in [0.15, 0.2) is 60.7 Å². The van der Waals surface area contributed by atoms with Gasteiger partial charge in [0.2, 0.25) is 5.91 Å². The van der Waals surface area contributed by atoms with Gasteiger partial charge in [-0.05, 0) is 37.6 Å². The summed E-state index contributed by atoms with van der Waals surface area (Å²) < 4.78 is 5.71. The number of amides is 1. The molecule has 0 fully saturated rings. The molecule has 0 bridgehead atoms. The maximum Gasteiger partial charge on any atom is 0.322 e. The number of hydrogen-bond donors (Lipinski definition) is 1. The van der Waals surface area contributed by atoms with Crippen molar-refractivity contribution in [3.05, 3.63) is 77.6 Å². The van der Waals surface area contributed by atoms with Crippen LogP contribution in [0.25, 0.3) is 0 Å². The largest absolute Gasteiger partial charge is 0.424 e. The van der Waals surface area contributed by atoms with Gasteiger partial charge in [0.15, 0.2) is 0 Å². The topological polar surface area (TPSA) is 64.1 Å². The lowest BCUT2D eigenvalue weighted by molar-refractivity contribution is -0.115. The summed E-state index contributed by atoms with van der Waals surface area (Å²) >= 11 is 0. The van der Waals surface area contributed by atoms with Crippen LogP contribution in [0.1, 0.15) is 17.0 Å². The monoisotopic (exact) mass is 333 g/mol. The minimum absolute atomic E-state index is 0.0778. The summed E-state index contributed by atoms with van der Waals surface area (Å²) in [6.07, 6.45) is 0.326. The number of aryl methyl sites for hydroxylation is 2. The molecule has 25 heavy (non-hydrogen) atoms. The number of aromatic nitrogens is 2.